The standard InChI is InChI=1S/C23H25ClN4O3S/c1-15(29)26-17-7-9-20(10-8-17)32(30,31)28-19-5-3-18(4-6-19)27-22-12-13-25-23-14-16(24)2-11-21(22)23/h2,7-14,18-19,28H,3-6H2,1H3,(H,25,27)(H,26,29). The molecule has 1 heterocycles. The summed E-state index contributed by atoms with van der Waals surface area (Å²) < 4.78 is 28.3. The third kappa shape index (κ3) is 5.38. The molecule has 1 aromatic heterocycles. The first-order valence-electron chi connectivity index (χ1n) is 10.5. The second-order valence-corrected chi connectivity index (χ2v) is 10.2. The van der Waals surface area contributed by atoms with E-state index in [1.807, 2.05) is 24.3 Å². The molecule has 9 heteroatoms. The third-order valence-electron chi connectivity index (χ3n) is 5.60. The molecule has 1 aliphatic rings. The van der Waals surface area contributed by atoms with Gasteiger partial charge in [0.05, 0.1) is 10.4 Å². The van der Waals surface area contributed by atoms with Crippen molar-refractivity contribution in [1.82, 2.24) is 9.71 Å². The summed E-state index contributed by atoms with van der Waals surface area (Å²) in [6.07, 6.45) is 4.96. The number of amides is 1. The summed E-state index contributed by atoms with van der Waals surface area (Å²) >= 11 is 6.07. The monoisotopic (exact) mass is 472 g/mol. The first-order chi connectivity index (χ1) is 15.3. The van der Waals surface area contributed by atoms with Crippen molar-refractivity contribution in [1.29, 1.82) is 0 Å². The molecule has 0 radical (unpaired) electrons. The predicted molar refractivity (Wildman–Crippen MR) is 127 cm³/mol. The molecule has 3 N–H and O–H groups in total. The number of fused-ring (bicyclic) bond motifs is 1. The highest BCUT2D eigenvalue weighted by atomic mass is 35.5. The molecule has 1 saturated carbocycles. The summed E-state index contributed by atoms with van der Waals surface area (Å²) in [5.41, 5.74) is 2.41. The van der Waals surface area contributed by atoms with Crippen LogP contribution >= 0.6 is 11.6 Å². The van der Waals surface area contributed by atoms with Gasteiger partial charge in [-0.1, -0.05) is 11.6 Å². The summed E-state index contributed by atoms with van der Waals surface area (Å²) in [4.78, 5) is 15.7. The molecular weight excluding hydrogens is 448 g/mol. The minimum Gasteiger partial charge on any atom is -0.382 e. The molecule has 7 nitrogen and oxygen atoms in total. The minimum atomic E-state index is -3.62. The van der Waals surface area contributed by atoms with Crippen molar-refractivity contribution in [2.24, 2.45) is 0 Å². The largest absolute Gasteiger partial charge is 0.382 e. The highest BCUT2D eigenvalue weighted by Gasteiger charge is 2.26. The van der Waals surface area contributed by atoms with E-state index >= 15 is 0 Å². The average molecular weight is 473 g/mol. The normalized spacial score (nSPS) is 18.9. The Bertz CT molecular complexity index is 1220. The zero-order valence-corrected chi connectivity index (χ0v) is 19.2. The van der Waals surface area contributed by atoms with Crippen LogP contribution in [-0.4, -0.2) is 31.4 Å². The third-order valence-corrected chi connectivity index (χ3v) is 7.37. The van der Waals surface area contributed by atoms with Crippen LogP contribution in [0.25, 0.3) is 10.9 Å². The van der Waals surface area contributed by atoms with Crippen LogP contribution in [0.3, 0.4) is 0 Å². The Morgan fingerprint density at radius 3 is 2.38 bits per heavy atom. The number of benzene rings is 2. The van der Waals surface area contributed by atoms with Gasteiger partial charge < -0.3 is 10.6 Å². The Morgan fingerprint density at radius 2 is 1.69 bits per heavy atom. The molecule has 2 aromatic carbocycles. The quantitative estimate of drug-likeness (QED) is 0.488. The number of aromatic nitrogens is 1. The van der Waals surface area contributed by atoms with Gasteiger partial charge in [0, 0.05) is 47.0 Å². The van der Waals surface area contributed by atoms with E-state index in [9.17, 15) is 13.2 Å². The first kappa shape index (κ1) is 22.5. The molecule has 0 aliphatic heterocycles. The lowest BCUT2D eigenvalue weighted by molar-refractivity contribution is -0.114. The number of hydrogen-bond donors (Lipinski definition) is 3. The number of hydrogen-bond acceptors (Lipinski definition) is 5. The van der Waals surface area contributed by atoms with E-state index in [0.29, 0.717) is 10.7 Å². The molecule has 3 aromatic rings. The molecule has 0 bridgehead atoms. The van der Waals surface area contributed by atoms with Gasteiger partial charge in [-0.25, -0.2) is 13.1 Å². The van der Waals surface area contributed by atoms with Crippen molar-refractivity contribution in [3.8, 4) is 0 Å². The molecule has 168 valence electrons. The molecular formula is C23H25ClN4O3S. The highest BCUT2D eigenvalue weighted by Crippen LogP contribution is 2.28. The van der Waals surface area contributed by atoms with Gasteiger partial charge in [0.25, 0.3) is 0 Å². The summed E-state index contributed by atoms with van der Waals surface area (Å²) in [5, 5.41) is 7.89. The van der Waals surface area contributed by atoms with Gasteiger partial charge in [0.1, 0.15) is 0 Å². The Balaban J connectivity index is 1.35. The van der Waals surface area contributed by atoms with Crippen LogP contribution in [0.15, 0.2) is 59.6 Å². The lowest BCUT2D eigenvalue weighted by atomic mass is 9.91. The molecule has 4 rings (SSSR count). The lowest BCUT2D eigenvalue weighted by Gasteiger charge is -2.30. The van der Waals surface area contributed by atoms with Gasteiger partial charge in [0.2, 0.25) is 15.9 Å². The van der Waals surface area contributed by atoms with Crippen LogP contribution in [0.5, 0.6) is 0 Å². The molecule has 0 spiro atoms. The fraction of sp³-hybridized carbons (Fsp3) is 0.304. The summed E-state index contributed by atoms with van der Waals surface area (Å²) in [6.45, 7) is 1.41. The minimum absolute atomic E-state index is 0.110. The van der Waals surface area contributed by atoms with Crippen LogP contribution in [0.4, 0.5) is 11.4 Å². The zero-order valence-electron chi connectivity index (χ0n) is 17.6. The van der Waals surface area contributed by atoms with Crippen molar-refractivity contribution < 1.29 is 13.2 Å². The predicted octanol–water partition coefficient (Wildman–Crippen LogP) is 4.55. The smallest absolute Gasteiger partial charge is 0.240 e. The fourth-order valence-electron chi connectivity index (χ4n) is 4.03. The van der Waals surface area contributed by atoms with Gasteiger partial charge in [-0.15, -0.1) is 0 Å². The van der Waals surface area contributed by atoms with E-state index in [0.717, 1.165) is 42.3 Å². The number of halogens is 1. The van der Waals surface area contributed by atoms with Crippen LogP contribution in [0.1, 0.15) is 32.6 Å². The number of nitrogens with one attached hydrogen (secondary N) is 3. The van der Waals surface area contributed by atoms with Crippen LogP contribution in [0, 0.1) is 0 Å². The summed E-state index contributed by atoms with van der Waals surface area (Å²) in [5.74, 6) is -0.201. The van der Waals surface area contributed by atoms with Crippen molar-refractivity contribution in [3.05, 3.63) is 59.8 Å². The van der Waals surface area contributed by atoms with E-state index in [1.54, 1.807) is 18.3 Å². The Labute approximate surface area is 192 Å². The lowest BCUT2D eigenvalue weighted by Crippen LogP contribution is -2.40. The second kappa shape index (κ2) is 9.44. The topological polar surface area (TPSA) is 100 Å². The molecule has 0 unspecified atom stereocenters. The van der Waals surface area contributed by atoms with E-state index in [4.69, 9.17) is 11.6 Å². The van der Waals surface area contributed by atoms with Crippen molar-refractivity contribution >= 4 is 49.8 Å². The molecule has 1 aliphatic carbocycles. The molecule has 0 saturated heterocycles. The number of pyridine rings is 1. The maximum atomic E-state index is 12.7. The number of sulfonamides is 1. The van der Waals surface area contributed by atoms with Crippen LogP contribution in [0.2, 0.25) is 5.02 Å². The van der Waals surface area contributed by atoms with Gasteiger partial charge >= 0.3 is 0 Å². The highest BCUT2D eigenvalue weighted by molar-refractivity contribution is 7.89. The van der Waals surface area contributed by atoms with Crippen molar-refractivity contribution in [2.45, 2.75) is 49.6 Å². The SMILES string of the molecule is CC(=O)Nc1ccc(S(=O)(=O)NC2CCC(Nc3ccnc4cc(Cl)ccc34)CC2)cc1. The molecule has 32 heavy (non-hydrogen) atoms. The van der Waals surface area contributed by atoms with Crippen molar-refractivity contribution in [2.75, 3.05) is 10.6 Å². The van der Waals surface area contributed by atoms with Crippen LogP contribution in [-0.2, 0) is 14.8 Å². The fourth-order valence-corrected chi connectivity index (χ4v) is 5.50. The van der Waals surface area contributed by atoms with E-state index < -0.39 is 10.0 Å². The molecule has 1 fully saturated rings. The van der Waals surface area contributed by atoms with E-state index in [-0.39, 0.29) is 22.9 Å². The summed E-state index contributed by atoms with van der Waals surface area (Å²) in [7, 11) is -3.62. The maximum absolute atomic E-state index is 12.7. The van der Waals surface area contributed by atoms with Gasteiger partial charge in [-0.05, 0) is 74.2 Å². The average Bonchev–Trinajstić information content (AvgIpc) is 2.75. The molecule has 1 amide bonds. The maximum Gasteiger partial charge on any atom is 0.240 e. The van der Waals surface area contributed by atoms with Gasteiger partial charge in [0.15, 0.2) is 0 Å². The Morgan fingerprint density at radius 1 is 1.00 bits per heavy atom. The van der Waals surface area contributed by atoms with Gasteiger partial charge in [-0.2, -0.15) is 0 Å². The van der Waals surface area contributed by atoms with Gasteiger partial charge in [-0.3, -0.25) is 9.78 Å². The van der Waals surface area contributed by atoms with E-state index in [1.165, 1.54) is 19.1 Å². The number of carbonyl (C=O) groups excluding carboxylic acids is 1. The number of anilines is 2. The van der Waals surface area contributed by atoms with Crippen LogP contribution < -0.4 is 15.4 Å². The summed E-state index contributed by atoms with van der Waals surface area (Å²) in [6, 6.07) is 13.9. The first-order valence-corrected chi connectivity index (χ1v) is 12.4. The number of nitrogens with zero attached hydrogens (tertiary/aromatic N) is 1. The van der Waals surface area contributed by atoms with Crippen molar-refractivity contribution in [3.63, 3.8) is 0 Å². The zero-order chi connectivity index (χ0) is 22.7. The second-order valence-electron chi connectivity index (χ2n) is 8.04. The number of rotatable bonds is 6. The van der Waals surface area contributed by atoms with E-state index in [2.05, 4.69) is 20.3 Å². The Kier molecular flexibility index (Phi) is 6.64. The Hall–Kier alpha value is -2.68. The molecule has 0 atom stereocenters. The number of carbonyl (C=O) groups is 1.